The number of ether oxygens (including phenoxy) is 1. The molecule has 2 aromatic heterocycles. The van der Waals surface area contributed by atoms with Gasteiger partial charge < -0.3 is 4.74 Å². The summed E-state index contributed by atoms with van der Waals surface area (Å²) in [6.07, 6.45) is 4.30. The van der Waals surface area contributed by atoms with Gasteiger partial charge in [-0.2, -0.15) is 0 Å². The number of thiazole rings is 1. The molecule has 0 bridgehead atoms. The third kappa shape index (κ3) is 2.46. The van der Waals surface area contributed by atoms with Crippen molar-refractivity contribution in [3.8, 4) is 0 Å². The lowest BCUT2D eigenvalue weighted by Gasteiger charge is -2.31. The summed E-state index contributed by atoms with van der Waals surface area (Å²) in [5, 5.41) is 15.1. The summed E-state index contributed by atoms with van der Waals surface area (Å²) in [7, 11) is 0. The second-order valence-electron chi connectivity index (χ2n) is 5.24. The molecule has 0 spiro atoms. The van der Waals surface area contributed by atoms with Crippen LogP contribution < -0.4 is 0 Å². The Morgan fingerprint density at radius 2 is 2.35 bits per heavy atom. The molecule has 3 heterocycles. The lowest BCUT2D eigenvalue weighted by molar-refractivity contribution is -0.0341. The quantitative estimate of drug-likeness (QED) is 0.838. The average molecular weight is 292 g/mol. The molecule has 0 aromatic carbocycles. The maximum absolute atomic E-state index is 5.81. The van der Waals surface area contributed by atoms with Gasteiger partial charge in [-0.05, 0) is 23.3 Å². The molecule has 1 aliphatic carbocycles. The number of tetrazole rings is 1. The molecule has 0 unspecified atom stereocenters. The van der Waals surface area contributed by atoms with E-state index in [1.807, 2.05) is 16.3 Å². The van der Waals surface area contributed by atoms with Gasteiger partial charge in [0.2, 0.25) is 0 Å². The highest BCUT2D eigenvalue weighted by atomic mass is 32.1. The van der Waals surface area contributed by atoms with Crippen LogP contribution in [0.15, 0.2) is 11.6 Å². The highest BCUT2D eigenvalue weighted by Crippen LogP contribution is 2.34. The topological polar surface area (TPSA) is 69.0 Å². The third-order valence-electron chi connectivity index (χ3n) is 3.70. The van der Waals surface area contributed by atoms with E-state index < -0.39 is 0 Å². The summed E-state index contributed by atoms with van der Waals surface area (Å²) < 4.78 is 7.79. The zero-order valence-electron chi connectivity index (χ0n) is 11.1. The second kappa shape index (κ2) is 5.19. The van der Waals surface area contributed by atoms with E-state index in [4.69, 9.17) is 4.74 Å². The lowest BCUT2D eigenvalue weighted by Crippen LogP contribution is -2.38. The summed E-state index contributed by atoms with van der Waals surface area (Å²) >= 11 is 1.65. The smallest absolute Gasteiger partial charge is 0.165 e. The van der Waals surface area contributed by atoms with Crippen molar-refractivity contribution in [2.45, 2.75) is 31.5 Å². The SMILES string of the molecule is c1csc([C@@H]2CN(Cc3nnnn3C3CC3)CCO2)n1. The molecule has 2 fully saturated rings. The van der Waals surface area contributed by atoms with Gasteiger partial charge in [0.25, 0.3) is 0 Å². The molecule has 106 valence electrons. The molecule has 7 nitrogen and oxygen atoms in total. The monoisotopic (exact) mass is 292 g/mol. The van der Waals surface area contributed by atoms with E-state index in [9.17, 15) is 0 Å². The van der Waals surface area contributed by atoms with E-state index in [0.717, 1.165) is 37.1 Å². The van der Waals surface area contributed by atoms with Gasteiger partial charge in [0.1, 0.15) is 11.1 Å². The van der Waals surface area contributed by atoms with Crippen molar-refractivity contribution in [3.63, 3.8) is 0 Å². The number of rotatable bonds is 4. The van der Waals surface area contributed by atoms with Gasteiger partial charge in [0, 0.05) is 24.7 Å². The van der Waals surface area contributed by atoms with Crippen LogP contribution in [0.2, 0.25) is 0 Å². The minimum atomic E-state index is 0.0778. The fourth-order valence-electron chi connectivity index (χ4n) is 2.51. The molecule has 2 aromatic rings. The molecule has 8 heteroatoms. The van der Waals surface area contributed by atoms with Crippen molar-refractivity contribution in [2.24, 2.45) is 0 Å². The van der Waals surface area contributed by atoms with Gasteiger partial charge in [-0.1, -0.05) is 0 Å². The summed E-state index contributed by atoms with van der Waals surface area (Å²) in [5.74, 6) is 0.965. The van der Waals surface area contributed by atoms with E-state index in [2.05, 4.69) is 25.4 Å². The highest BCUT2D eigenvalue weighted by molar-refractivity contribution is 7.09. The molecule has 0 radical (unpaired) electrons. The third-order valence-corrected chi connectivity index (χ3v) is 4.56. The summed E-state index contributed by atoms with van der Waals surface area (Å²) in [4.78, 5) is 6.70. The predicted molar refractivity (Wildman–Crippen MR) is 72.2 cm³/mol. The molecule has 1 saturated heterocycles. The Bertz CT molecular complexity index is 566. The van der Waals surface area contributed by atoms with Crippen molar-refractivity contribution < 1.29 is 4.74 Å². The standard InChI is InChI=1S/C12H16N6OS/c1-2-9(1)18-11(14-15-16-18)8-17-4-5-19-10(7-17)12-13-3-6-20-12/h3,6,9-10H,1-2,4-5,7-8H2/t10-/m0/s1. The van der Waals surface area contributed by atoms with Gasteiger partial charge >= 0.3 is 0 Å². The Hall–Kier alpha value is -1.38. The van der Waals surface area contributed by atoms with Crippen LogP contribution in [0.1, 0.15) is 35.8 Å². The Balaban J connectivity index is 1.44. The second-order valence-corrected chi connectivity index (χ2v) is 6.16. The van der Waals surface area contributed by atoms with Crippen LogP contribution in [0.25, 0.3) is 0 Å². The molecule has 1 saturated carbocycles. The first-order chi connectivity index (χ1) is 9.90. The number of nitrogens with zero attached hydrogens (tertiary/aromatic N) is 6. The van der Waals surface area contributed by atoms with Gasteiger partial charge in [-0.15, -0.1) is 16.4 Å². The zero-order chi connectivity index (χ0) is 13.4. The van der Waals surface area contributed by atoms with Crippen molar-refractivity contribution in [1.29, 1.82) is 0 Å². The number of morpholine rings is 1. The Morgan fingerprint density at radius 3 is 3.15 bits per heavy atom. The molecular weight excluding hydrogens is 276 g/mol. The highest BCUT2D eigenvalue weighted by Gasteiger charge is 2.30. The van der Waals surface area contributed by atoms with Crippen molar-refractivity contribution in [1.82, 2.24) is 30.1 Å². The van der Waals surface area contributed by atoms with Gasteiger partial charge in [-0.3, -0.25) is 4.90 Å². The van der Waals surface area contributed by atoms with Crippen LogP contribution in [0, 0.1) is 0 Å². The van der Waals surface area contributed by atoms with E-state index in [1.54, 1.807) is 11.3 Å². The first-order valence-electron chi connectivity index (χ1n) is 6.90. The van der Waals surface area contributed by atoms with Crippen molar-refractivity contribution in [3.05, 3.63) is 22.4 Å². The van der Waals surface area contributed by atoms with E-state index in [-0.39, 0.29) is 6.10 Å². The van der Waals surface area contributed by atoms with Crippen LogP contribution >= 0.6 is 11.3 Å². The van der Waals surface area contributed by atoms with Crippen LogP contribution in [0.3, 0.4) is 0 Å². The summed E-state index contributed by atoms with van der Waals surface area (Å²) in [6.45, 7) is 3.29. The van der Waals surface area contributed by atoms with Crippen molar-refractivity contribution in [2.75, 3.05) is 19.7 Å². The Morgan fingerprint density at radius 1 is 1.40 bits per heavy atom. The van der Waals surface area contributed by atoms with E-state index in [0.29, 0.717) is 6.04 Å². The largest absolute Gasteiger partial charge is 0.368 e. The van der Waals surface area contributed by atoms with Crippen molar-refractivity contribution >= 4 is 11.3 Å². The first-order valence-corrected chi connectivity index (χ1v) is 7.78. The van der Waals surface area contributed by atoms with Crippen LogP contribution in [0.5, 0.6) is 0 Å². The summed E-state index contributed by atoms with van der Waals surface area (Å²) in [5.41, 5.74) is 0. The fraction of sp³-hybridized carbons (Fsp3) is 0.667. The van der Waals surface area contributed by atoms with Crippen LogP contribution in [-0.2, 0) is 11.3 Å². The molecular formula is C12H16N6OS. The Labute approximate surface area is 120 Å². The molecule has 1 atom stereocenters. The zero-order valence-corrected chi connectivity index (χ0v) is 11.9. The van der Waals surface area contributed by atoms with Crippen LogP contribution in [-0.4, -0.2) is 49.8 Å². The van der Waals surface area contributed by atoms with E-state index >= 15 is 0 Å². The first kappa shape index (κ1) is 12.4. The van der Waals surface area contributed by atoms with Gasteiger partial charge in [0.05, 0.1) is 19.2 Å². The lowest BCUT2D eigenvalue weighted by atomic mass is 10.3. The number of aromatic nitrogens is 5. The van der Waals surface area contributed by atoms with Gasteiger partial charge in [0.15, 0.2) is 5.82 Å². The van der Waals surface area contributed by atoms with Gasteiger partial charge in [-0.25, -0.2) is 9.67 Å². The Kier molecular flexibility index (Phi) is 3.21. The average Bonchev–Trinajstić information content (AvgIpc) is 3.00. The fourth-order valence-corrected chi connectivity index (χ4v) is 3.19. The number of hydrogen-bond donors (Lipinski definition) is 0. The minimum Gasteiger partial charge on any atom is -0.368 e. The molecule has 0 amide bonds. The maximum atomic E-state index is 5.81. The summed E-state index contributed by atoms with van der Waals surface area (Å²) in [6, 6.07) is 0.524. The molecule has 0 N–H and O–H groups in total. The molecule has 2 aliphatic rings. The minimum absolute atomic E-state index is 0.0778. The predicted octanol–water partition coefficient (Wildman–Crippen LogP) is 1.04. The maximum Gasteiger partial charge on any atom is 0.165 e. The van der Waals surface area contributed by atoms with E-state index in [1.165, 1.54) is 12.8 Å². The molecule has 20 heavy (non-hydrogen) atoms. The molecule has 4 rings (SSSR count). The normalized spacial score (nSPS) is 24.1. The van der Waals surface area contributed by atoms with Crippen LogP contribution in [0.4, 0.5) is 0 Å². The number of hydrogen-bond acceptors (Lipinski definition) is 7. The molecule has 1 aliphatic heterocycles.